The molecule has 0 fully saturated rings. The molecule has 5 nitrogen and oxygen atoms in total. The van der Waals surface area contributed by atoms with Crippen LogP contribution in [0.15, 0.2) is 33.3 Å². The van der Waals surface area contributed by atoms with Crippen molar-refractivity contribution >= 4 is 38.9 Å². The number of H-pyrrole nitrogens is 1. The van der Waals surface area contributed by atoms with E-state index < -0.39 is 0 Å². The number of nitrogens with zero attached hydrogens (tertiary/aromatic N) is 2. The van der Waals surface area contributed by atoms with Gasteiger partial charge in [0, 0.05) is 0 Å². The number of rotatable bonds is 4. The predicted octanol–water partition coefficient (Wildman–Crippen LogP) is 2.78. The molecule has 2 heterocycles. The van der Waals surface area contributed by atoms with Gasteiger partial charge in [0.15, 0.2) is 0 Å². The molecule has 0 aliphatic rings. The minimum Gasteiger partial charge on any atom is -0.272 e. The fourth-order valence-corrected chi connectivity index (χ4v) is 2.51. The Hall–Kier alpha value is -1.47. The summed E-state index contributed by atoms with van der Waals surface area (Å²) in [5.74, 6) is -0.318. The van der Waals surface area contributed by atoms with Crippen molar-refractivity contribution in [2.24, 2.45) is 5.10 Å². The van der Waals surface area contributed by atoms with E-state index in [-0.39, 0.29) is 5.91 Å². The summed E-state index contributed by atoms with van der Waals surface area (Å²) >= 11 is 4.83. The van der Waals surface area contributed by atoms with Crippen molar-refractivity contribution in [3.8, 4) is 0 Å². The molecule has 94 valence electrons. The average molecular weight is 327 g/mol. The number of amides is 1. The van der Waals surface area contributed by atoms with E-state index in [2.05, 4.69) is 36.7 Å². The van der Waals surface area contributed by atoms with Gasteiger partial charge in [0.1, 0.15) is 5.69 Å². The quantitative estimate of drug-likeness (QED) is 0.670. The van der Waals surface area contributed by atoms with Crippen LogP contribution in [0, 0.1) is 0 Å². The van der Waals surface area contributed by atoms with Gasteiger partial charge in [0.05, 0.1) is 21.3 Å². The van der Waals surface area contributed by atoms with Gasteiger partial charge in [-0.05, 0) is 33.8 Å². The monoisotopic (exact) mass is 326 g/mol. The highest BCUT2D eigenvalue weighted by atomic mass is 79.9. The van der Waals surface area contributed by atoms with E-state index in [1.807, 2.05) is 24.4 Å². The zero-order valence-corrected chi connectivity index (χ0v) is 12.0. The Balaban J connectivity index is 2.10. The molecule has 0 unspecified atom stereocenters. The van der Waals surface area contributed by atoms with Gasteiger partial charge in [0.25, 0.3) is 5.91 Å². The van der Waals surface area contributed by atoms with E-state index in [9.17, 15) is 4.79 Å². The molecule has 7 heteroatoms. The van der Waals surface area contributed by atoms with Crippen LogP contribution in [0.5, 0.6) is 0 Å². The third-order valence-electron chi connectivity index (χ3n) is 2.25. The maximum atomic E-state index is 11.8. The van der Waals surface area contributed by atoms with E-state index in [0.29, 0.717) is 10.2 Å². The Kier molecular flexibility index (Phi) is 4.27. The SMILES string of the molecule is CC/C(=N/NC(=O)c1[nH]ncc1Br)c1cccs1. The molecule has 0 aliphatic carbocycles. The van der Waals surface area contributed by atoms with Crippen molar-refractivity contribution in [2.45, 2.75) is 13.3 Å². The molecular formula is C11H11BrN4OS. The standard InChI is InChI=1S/C11H11BrN4OS/c1-2-8(9-4-3-5-18-9)14-16-11(17)10-7(12)6-13-15-10/h3-6H,2H2,1H3,(H,13,15)(H,16,17)/b14-8-. The lowest BCUT2D eigenvalue weighted by molar-refractivity contribution is 0.0949. The van der Waals surface area contributed by atoms with Gasteiger partial charge >= 0.3 is 0 Å². The second-order valence-corrected chi connectivity index (χ2v) is 5.23. The first-order valence-electron chi connectivity index (χ1n) is 5.32. The van der Waals surface area contributed by atoms with Crippen molar-refractivity contribution < 1.29 is 4.79 Å². The second-order valence-electron chi connectivity index (χ2n) is 3.42. The number of thiophene rings is 1. The van der Waals surface area contributed by atoms with E-state index in [1.165, 1.54) is 6.20 Å². The van der Waals surface area contributed by atoms with Crippen LogP contribution in [0.4, 0.5) is 0 Å². The van der Waals surface area contributed by atoms with Crippen molar-refractivity contribution in [3.05, 3.63) is 38.8 Å². The summed E-state index contributed by atoms with van der Waals surface area (Å²) in [6.07, 6.45) is 2.28. The molecule has 0 bridgehead atoms. The van der Waals surface area contributed by atoms with Crippen LogP contribution in [-0.2, 0) is 0 Å². The molecule has 2 rings (SSSR count). The number of hydrogen-bond donors (Lipinski definition) is 2. The summed E-state index contributed by atoms with van der Waals surface area (Å²) < 4.78 is 0.615. The van der Waals surface area contributed by atoms with Crippen molar-refractivity contribution in [1.82, 2.24) is 15.6 Å². The maximum absolute atomic E-state index is 11.8. The first-order valence-corrected chi connectivity index (χ1v) is 6.99. The molecular weight excluding hydrogens is 316 g/mol. The molecule has 0 aromatic carbocycles. The molecule has 1 amide bonds. The first kappa shape index (κ1) is 13.0. The molecule has 2 N–H and O–H groups in total. The lowest BCUT2D eigenvalue weighted by atomic mass is 10.2. The number of carbonyl (C=O) groups excluding carboxylic acids is 1. The highest BCUT2D eigenvalue weighted by Crippen LogP contribution is 2.13. The van der Waals surface area contributed by atoms with Gasteiger partial charge < -0.3 is 0 Å². The highest BCUT2D eigenvalue weighted by molar-refractivity contribution is 9.10. The van der Waals surface area contributed by atoms with Crippen LogP contribution >= 0.6 is 27.3 Å². The number of hydrazone groups is 1. The normalized spacial score (nSPS) is 11.6. The number of halogens is 1. The van der Waals surface area contributed by atoms with Crippen molar-refractivity contribution in [1.29, 1.82) is 0 Å². The molecule has 0 saturated heterocycles. The zero-order valence-electron chi connectivity index (χ0n) is 9.61. The summed E-state index contributed by atoms with van der Waals surface area (Å²) in [7, 11) is 0. The molecule has 0 saturated carbocycles. The summed E-state index contributed by atoms with van der Waals surface area (Å²) in [6, 6.07) is 3.93. The fraction of sp³-hybridized carbons (Fsp3) is 0.182. The average Bonchev–Trinajstić information content (AvgIpc) is 3.01. The summed E-state index contributed by atoms with van der Waals surface area (Å²) in [5, 5.41) is 12.5. The number of aromatic amines is 1. The minimum absolute atomic E-state index is 0.318. The van der Waals surface area contributed by atoms with Gasteiger partial charge in [0.2, 0.25) is 0 Å². The summed E-state index contributed by atoms with van der Waals surface area (Å²) in [4.78, 5) is 12.9. The highest BCUT2D eigenvalue weighted by Gasteiger charge is 2.11. The maximum Gasteiger partial charge on any atom is 0.290 e. The smallest absolute Gasteiger partial charge is 0.272 e. The lowest BCUT2D eigenvalue weighted by Gasteiger charge is -2.02. The van der Waals surface area contributed by atoms with E-state index >= 15 is 0 Å². The van der Waals surface area contributed by atoms with Crippen molar-refractivity contribution in [3.63, 3.8) is 0 Å². The molecule has 0 spiro atoms. The zero-order chi connectivity index (χ0) is 13.0. The Morgan fingerprint density at radius 3 is 3.06 bits per heavy atom. The first-order chi connectivity index (χ1) is 8.72. The Labute approximate surface area is 116 Å². The molecule has 18 heavy (non-hydrogen) atoms. The molecule has 0 radical (unpaired) electrons. The molecule has 2 aromatic rings. The predicted molar refractivity (Wildman–Crippen MR) is 74.9 cm³/mol. The van der Waals surface area contributed by atoms with Crippen LogP contribution < -0.4 is 5.43 Å². The van der Waals surface area contributed by atoms with Crippen LogP contribution in [0.25, 0.3) is 0 Å². The van der Waals surface area contributed by atoms with E-state index in [4.69, 9.17) is 0 Å². The van der Waals surface area contributed by atoms with Gasteiger partial charge in [-0.3, -0.25) is 9.89 Å². The number of aromatic nitrogens is 2. The number of carbonyl (C=O) groups is 1. The van der Waals surface area contributed by atoms with Crippen LogP contribution in [0.2, 0.25) is 0 Å². The van der Waals surface area contributed by atoms with Gasteiger partial charge in [-0.2, -0.15) is 10.2 Å². The summed E-state index contributed by atoms with van der Waals surface area (Å²) in [6.45, 7) is 2.00. The van der Waals surface area contributed by atoms with Gasteiger partial charge in [-0.15, -0.1) is 11.3 Å². The minimum atomic E-state index is -0.318. The fourth-order valence-electron chi connectivity index (χ4n) is 1.36. The van der Waals surface area contributed by atoms with Gasteiger partial charge in [-0.25, -0.2) is 5.43 Å². The van der Waals surface area contributed by atoms with Gasteiger partial charge in [-0.1, -0.05) is 13.0 Å². The van der Waals surface area contributed by atoms with Crippen LogP contribution in [-0.4, -0.2) is 21.8 Å². The topological polar surface area (TPSA) is 70.1 Å². The van der Waals surface area contributed by atoms with E-state index in [1.54, 1.807) is 11.3 Å². The second kappa shape index (κ2) is 5.92. The van der Waals surface area contributed by atoms with E-state index in [0.717, 1.165) is 17.0 Å². The van der Waals surface area contributed by atoms with Crippen LogP contribution in [0.3, 0.4) is 0 Å². The molecule has 0 aliphatic heterocycles. The largest absolute Gasteiger partial charge is 0.290 e. The Bertz CT molecular complexity index is 561. The Morgan fingerprint density at radius 1 is 1.67 bits per heavy atom. The third-order valence-corrected chi connectivity index (χ3v) is 3.77. The van der Waals surface area contributed by atoms with Crippen molar-refractivity contribution in [2.75, 3.05) is 0 Å². The van der Waals surface area contributed by atoms with Crippen LogP contribution in [0.1, 0.15) is 28.7 Å². The number of hydrogen-bond acceptors (Lipinski definition) is 4. The number of nitrogens with one attached hydrogen (secondary N) is 2. The summed E-state index contributed by atoms with van der Waals surface area (Å²) in [5.41, 5.74) is 3.74. The Morgan fingerprint density at radius 2 is 2.50 bits per heavy atom. The third kappa shape index (κ3) is 2.85. The molecule has 2 aromatic heterocycles. The molecule has 0 atom stereocenters. The lowest BCUT2D eigenvalue weighted by Crippen LogP contribution is -2.20.